The minimum atomic E-state index is -5.63. The highest BCUT2D eigenvalue weighted by atomic mass is 32.2. The lowest BCUT2D eigenvalue weighted by Gasteiger charge is -2.31. The van der Waals surface area contributed by atoms with Gasteiger partial charge in [0, 0.05) is 17.8 Å². The molecule has 46 heavy (non-hydrogen) atoms. The molecule has 15 heteroatoms. The van der Waals surface area contributed by atoms with Gasteiger partial charge < -0.3 is 25.2 Å². The summed E-state index contributed by atoms with van der Waals surface area (Å²) in [7, 11) is -4.36. The molecule has 250 valence electrons. The molecular formula is C31H34F4N2O8S. The van der Waals surface area contributed by atoms with Gasteiger partial charge >= 0.3 is 11.5 Å². The van der Waals surface area contributed by atoms with Crippen molar-refractivity contribution in [3.05, 3.63) is 47.8 Å². The van der Waals surface area contributed by atoms with Gasteiger partial charge in [0.05, 0.1) is 36.0 Å². The summed E-state index contributed by atoms with van der Waals surface area (Å²) in [6.07, 6.45) is 4.28. The van der Waals surface area contributed by atoms with Crippen LogP contribution in [0.5, 0.6) is 11.5 Å². The minimum absolute atomic E-state index is 0.0250. The van der Waals surface area contributed by atoms with Gasteiger partial charge in [-0.2, -0.15) is 13.2 Å². The summed E-state index contributed by atoms with van der Waals surface area (Å²) in [4.78, 5) is 37.2. The number of benzene rings is 2. The molecule has 2 aromatic carbocycles. The lowest BCUT2D eigenvalue weighted by atomic mass is 9.82. The topological polar surface area (TPSA) is 148 Å². The number of carboxylic acids is 1. The lowest BCUT2D eigenvalue weighted by molar-refractivity contribution is -0.143. The normalized spacial score (nSPS) is 25.9. The Morgan fingerprint density at radius 1 is 0.978 bits per heavy atom. The number of nitrogens with one attached hydrogen (secondary N) is 2. The summed E-state index contributed by atoms with van der Waals surface area (Å²) < 4.78 is 88.8. The van der Waals surface area contributed by atoms with Crippen molar-refractivity contribution in [1.82, 2.24) is 5.32 Å². The van der Waals surface area contributed by atoms with Crippen LogP contribution in [-0.4, -0.2) is 56.6 Å². The number of alkyl halides is 3. The van der Waals surface area contributed by atoms with E-state index in [1.54, 1.807) is 0 Å². The number of aliphatic carboxylic acids is 1. The Hall–Kier alpha value is -3.88. The van der Waals surface area contributed by atoms with E-state index in [9.17, 15) is 45.5 Å². The number of sulfone groups is 1. The van der Waals surface area contributed by atoms with E-state index in [-0.39, 0.29) is 47.1 Å². The van der Waals surface area contributed by atoms with Crippen molar-refractivity contribution in [2.75, 3.05) is 19.0 Å². The van der Waals surface area contributed by atoms with Crippen molar-refractivity contribution < 1.29 is 54.9 Å². The zero-order valence-electron chi connectivity index (χ0n) is 24.8. The SMILES string of the molecule is COc1cc(F)c(OCC2CCC(C(=O)O)CC2)cc1C(=O)N[C@@H]1[C@H]2CC[C@H](C2)[C@@H]1C(=O)Nc1cccc(S(=O)(=O)C(F)(F)F)c1. The second kappa shape index (κ2) is 13.1. The molecule has 0 unspecified atom stereocenters. The van der Waals surface area contributed by atoms with Crippen molar-refractivity contribution in [3.63, 3.8) is 0 Å². The number of ether oxygens (including phenoxy) is 2. The lowest BCUT2D eigenvalue weighted by Crippen LogP contribution is -2.48. The van der Waals surface area contributed by atoms with Crippen LogP contribution in [0.2, 0.25) is 0 Å². The molecule has 2 amide bonds. The molecule has 10 nitrogen and oxygen atoms in total. The number of rotatable bonds is 10. The first-order chi connectivity index (χ1) is 21.7. The zero-order chi connectivity index (χ0) is 33.4. The van der Waals surface area contributed by atoms with Crippen LogP contribution in [0.1, 0.15) is 55.3 Å². The van der Waals surface area contributed by atoms with Crippen LogP contribution in [0, 0.1) is 35.4 Å². The fourth-order valence-corrected chi connectivity index (χ4v) is 7.79. The third kappa shape index (κ3) is 6.79. The molecule has 3 aliphatic rings. The van der Waals surface area contributed by atoms with Crippen LogP contribution >= 0.6 is 0 Å². The Morgan fingerprint density at radius 2 is 1.67 bits per heavy atom. The third-order valence-corrected chi connectivity index (χ3v) is 10.9. The standard InChI is InChI=1S/C31H34F4N2O8S/c1-44-24-14-23(32)25(45-15-16-5-7-17(8-6-16)30(40)41)13-22(24)28(38)37-27-19-10-9-18(11-19)26(27)29(39)36-20-3-2-4-21(12-20)46(42,43)31(33,34)35/h2-4,12-14,16-19,26-27H,5-11,15H2,1H3,(H,36,39)(H,37,38)(H,40,41)/t16?,17?,18-,19+,26+,27-/m1/s1. The Morgan fingerprint density at radius 3 is 2.33 bits per heavy atom. The number of carboxylic acid groups (broad SMARTS) is 1. The molecule has 0 heterocycles. The molecule has 4 atom stereocenters. The molecular weight excluding hydrogens is 636 g/mol. The van der Waals surface area contributed by atoms with Gasteiger partial charge in [0.1, 0.15) is 5.75 Å². The smallest absolute Gasteiger partial charge is 0.496 e. The Labute approximate surface area is 262 Å². The second-order valence-electron chi connectivity index (χ2n) is 12.2. The number of fused-ring (bicyclic) bond motifs is 2. The number of hydrogen-bond acceptors (Lipinski definition) is 7. The van der Waals surface area contributed by atoms with Gasteiger partial charge in [-0.1, -0.05) is 6.07 Å². The number of carbonyl (C=O) groups is 3. The van der Waals surface area contributed by atoms with Crippen LogP contribution in [0.3, 0.4) is 0 Å². The fourth-order valence-electron chi connectivity index (χ4n) is 6.98. The van der Waals surface area contributed by atoms with E-state index in [1.807, 2.05) is 0 Å². The monoisotopic (exact) mass is 670 g/mol. The first-order valence-corrected chi connectivity index (χ1v) is 16.4. The highest BCUT2D eigenvalue weighted by Gasteiger charge is 2.52. The van der Waals surface area contributed by atoms with Crippen LogP contribution in [-0.2, 0) is 19.4 Å². The number of carbonyl (C=O) groups excluding carboxylic acids is 2. The van der Waals surface area contributed by atoms with Gasteiger partial charge in [0.2, 0.25) is 5.91 Å². The molecule has 0 aromatic heterocycles. The molecule has 5 rings (SSSR count). The number of hydrogen-bond donors (Lipinski definition) is 3. The van der Waals surface area contributed by atoms with E-state index in [0.717, 1.165) is 30.7 Å². The summed E-state index contributed by atoms with van der Waals surface area (Å²) >= 11 is 0. The summed E-state index contributed by atoms with van der Waals surface area (Å²) in [6, 6.07) is 5.49. The molecule has 2 bridgehead atoms. The highest BCUT2D eigenvalue weighted by molar-refractivity contribution is 7.92. The van der Waals surface area contributed by atoms with E-state index in [2.05, 4.69) is 10.6 Å². The van der Waals surface area contributed by atoms with Gasteiger partial charge in [-0.05, 0) is 87.0 Å². The van der Waals surface area contributed by atoms with Crippen molar-refractivity contribution in [3.8, 4) is 11.5 Å². The van der Waals surface area contributed by atoms with Gasteiger partial charge in [-0.3, -0.25) is 14.4 Å². The average Bonchev–Trinajstić information content (AvgIpc) is 3.62. The van der Waals surface area contributed by atoms with E-state index in [0.29, 0.717) is 38.5 Å². The summed E-state index contributed by atoms with van der Waals surface area (Å²) in [6.45, 7) is 0.136. The Kier molecular flexibility index (Phi) is 9.52. The molecule has 3 saturated carbocycles. The van der Waals surface area contributed by atoms with Gasteiger partial charge in [0.25, 0.3) is 15.7 Å². The van der Waals surface area contributed by atoms with Crippen LogP contribution in [0.25, 0.3) is 0 Å². The molecule has 3 fully saturated rings. The van der Waals surface area contributed by atoms with Gasteiger partial charge in [0.15, 0.2) is 11.6 Å². The first kappa shape index (κ1) is 33.5. The first-order valence-electron chi connectivity index (χ1n) is 15.0. The van der Waals surface area contributed by atoms with Crippen LogP contribution in [0.4, 0.5) is 23.2 Å². The molecule has 0 aliphatic heterocycles. The predicted molar refractivity (Wildman–Crippen MR) is 155 cm³/mol. The van der Waals surface area contributed by atoms with Crippen molar-refractivity contribution in [1.29, 1.82) is 0 Å². The zero-order valence-corrected chi connectivity index (χ0v) is 25.6. The average molecular weight is 671 g/mol. The Bertz CT molecular complexity index is 1610. The quantitative estimate of drug-likeness (QED) is 0.293. The summed E-state index contributed by atoms with van der Waals surface area (Å²) in [5, 5.41) is 14.6. The largest absolute Gasteiger partial charge is 0.501 e. The third-order valence-electron chi connectivity index (χ3n) is 9.40. The van der Waals surface area contributed by atoms with E-state index < -0.39 is 61.7 Å². The molecule has 2 aromatic rings. The van der Waals surface area contributed by atoms with Gasteiger partial charge in [-0.15, -0.1) is 0 Å². The van der Waals surface area contributed by atoms with Gasteiger partial charge in [-0.25, -0.2) is 12.8 Å². The second-order valence-corrected chi connectivity index (χ2v) is 14.1. The predicted octanol–water partition coefficient (Wildman–Crippen LogP) is 5.18. The van der Waals surface area contributed by atoms with E-state index >= 15 is 0 Å². The van der Waals surface area contributed by atoms with E-state index in [4.69, 9.17) is 9.47 Å². The van der Waals surface area contributed by atoms with Crippen LogP contribution in [0.15, 0.2) is 41.3 Å². The highest BCUT2D eigenvalue weighted by Crippen LogP contribution is 2.49. The maximum atomic E-state index is 14.9. The number of anilines is 1. The number of methoxy groups -OCH3 is 1. The van der Waals surface area contributed by atoms with Crippen molar-refractivity contribution in [2.24, 2.45) is 29.6 Å². The maximum Gasteiger partial charge on any atom is 0.501 e. The number of amides is 2. The molecule has 0 spiro atoms. The summed E-state index contributed by atoms with van der Waals surface area (Å²) in [5.41, 5.74) is -5.68. The number of halogens is 4. The van der Waals surface area contributed by atoms with Crippen molar-refractivity contribution >= 4 is 33.3 Å². The van der Waals surface area contributed by atoms with Crippen LogP contribution < -0.4 is 20.1 Å². The minimum Gasteiger partial charge on any atom is -0.496 e. The summed E-state index contributed by atoms with van der Waals surface area (Å²) in [5.74, 6) is -4.37. The maximum absolute atomic E-state index is 14.9. The fraction of sp³-hybridized carbons (Fsp3) is 0.516. The van der Waals surface area contributed by atoms with Crippen molar-refractivity contribution in [2.45, 2.75) is 61.4 Å². The molecule has 0 radical (unpaired) electrons. The molecule has 3 N–H and O–H groups in total. The Balaban J connectivity index is 1.29. The van der Waals surface area contributed by atoms with E-state index in [1.165, 1.54) is 19.2 Å². The molecule has 3 aliphatic carbocycles. The molecule has 0 saturated heterocycles.